The Bertz CT molecular complexity index is 494. The van der Waals surface area contributed by atoms with E-state index in [9.17, 15) is 5.11 Å². The van der Waals surface area contributed by atoms with Gasteiger partial charge in [-0.25, -0.2) is 4.68 Å². The van der Waals surface area contributed by atoms with E-state index in [0.717, 1.165) is 0 Å². The molecule has 0 fully saturated rings. The van der Waals surface area contributed by atoms with Gasteiger partial charge in [0.05, 0.1) is 12.4 Å². The smallest absolute Gasteiger partial charge is 0.157 e. The van der Waals surface area contributed by atoms with Crippen molar-refractivity contribution in [2.45, 2.75) is 13.0 Å². The molecule has 0 aliphatic rings. The summed E-state index contributed by atoms with van der Waals surface area (Å²) >= 11 is 0. The first kappa shape index (κ1) is 11.5. The van der Waals surface area contributed by atoms with Crippen LogP contribution in [0.1, 0.15) is 6.92 Å². The molecule has 0 aliphatic carbocycles. The molecule has 0 amide bonds. The average molecular weight is 233 g/mol. The van der Waals surface area contributed by atoms with Crippen LogP contribution in [0.15, 0.2) is 36.7 Å². The number of benzene rings is 1. The van der Waals surface area contributed by atoms with Gasteiger partial charge in [0.1, 0.15) is 18.0 Å². The first-order chi connectivity index (χ1) is 8.16. The SMILES string of the molecule is CC(N)COc1cnn(-c2ccccc2O)c1. The van der Waals surface area contributed by atoms with Gasteiger partial charge in [0.15, 0.2) is 5.75 Å². The van der Waals surface area contributed by atoms with E-state index in [-0.39, 0.29) is 11.8 Å². The predicted molar refractivity (Wildman–Crippen MR) is 64.4 cm³/mol. The summed E-state index contributed by atoms with van der Waals surface area (Å²) in [7, 11) is 0. The van der Waals surface area contributed by atoms with E-state index >= 15 is 0 Å². The molecule has 0 spiro atoms. The fourth-order valence-electron chi connectivity index (χ4n) is 1.40. The van der Waals surface area contributed by atoms with Gasteiger partial charge in [0.2, 0.25) is 0 Å². The van der Waals surface area contributed by atoms with Gasteiger partial charge in [0.25, 0.3) is 0 Å². The van der Waals surface area contributed by atoms with Crippen LogP contribution in [0.5, 0.6) is 11.5 Å². The maximum absolute atomic E-state index is 9.67. The van der Waals surface area contributed by atoms with Crippen molar-refractivity contribution in [3.8, 4) is 17.2 Å². The Morgan fingerprint density at radius 1 is 1.47 bits per heavy atom. The van der Waals surface area contributed by atoms with Crippen molar-refractivity contribution in [3.63, 3.8) is 0 Å². The number of phenolic OH excluding ortho intramolecular Hbond substituents is 1. The van der Waals surface area contributed by atoms with E-state index < -0.39 is 0 Å². The predicted octanol–water partition coefficient (Wildman–Crippen LogP) is 1.30. The second-order valence-corrected chi connectivity index (χ2v) is 3.90. The quantitative estimate of drug-likeness (QED) is 0.835. The van der Waals surface area contributed by atoms with Crippen LogP contribution in [-0.2, 0) is 0 Å². The van der Waals surface area contributed by atoms with Gasteiger partial charge in [0, 0.05) is 6.04 Å². The number of aromatic hydroxyl groups is 1. The molecule has 0 bridgehead atoms. The first-order valence-corrected chi connectivity index (χ1v) is 5.38. The van der Waals surface area contributed by atoms with Gasteiger partial charge in [-0.1, -0.05) is 12.1 Å². The topological polar surface area (TPSA) is 73.3 Å². The van der Waals surface area contributed by atoms with Crippen LogP contribution in [0.4, 0.5) is 0 Å². The number of hydrogen-bond donors (Lipinski definition) is 2. The van der Waals surface area contributed by atoms with Crippen LogP contribution in [-0.4, -0.2) is 27.5 Å². The molecule has 0 aliphatic heterocycles. The molecular formula is C12H15N3O2. The van der Waals surface area contributed by atoms with Gasteiger partial charge < -0.3 is 15.6 Å². The Labute approximate surface area is 99.4 Å². The number of nitrogens with two attached hydrogens (primary N) is 1. The molecule has 90 valence electrons. The van der Waals surface area contributed by atoms with Crippen molar-refractivity contribution in [1.82, 2.24) is 9.78 Å². The highest BCUT2D eigenvalue weighted by Crippen LogP contribution is 2.21. The summed E-state index contributed by atoms with van der Waals surface area (Å²) in [5.74, 6) is 0.805. The van der Waals surface area contributed by atoms with Crippen LogP contribution in [0.25, 0.3) is 5.69 Å². The van der Waals surface area contributed by atoms with Gasteiger partial charge >= 0.3 is 0 Å². The number of nitrogens with zero attached hydrogens (tertiary/aromatic N) is 2. The molecule has 2 rings (SSSR count). The summed E-state index contributed by atoms with van der Waals surface area (Å²) in [6.45, 7) is 2.31. The zero-order valence-electron chi connectivity index (χ0n) is 9.58. The van der Waals surface area contributed by atoms with E-state index in [1.165, 1.54) is 0 Å². The van der Waals surface area contributed by atoms with Gasteiger partial charge in [-0.3, -0.25) is 0 Å². The zero-order chi connectivity index (χ0) is 12.3. The molecule has 1 unspecified atom stereocenters. The normalized spacial score (nSPS) is 12.4. The molecule has 2 aromatic rings. The van der Waals surface area contributed by atoms with Crippen molar-refractivity contribution in [3.05, 3.63) is 36.7 Å². The molecule has 3 N–H and O–H groups in total. The molecule has 17 heavy (non-hydrogen) atoms. The minimum atomic E-state index is -0.0246. The Balaban J connectivity index is 2.16. The van der Waals surface area contributed by atoms with Crippen LogP contribution >= 0.6 is 0 Å². The molecule has 1 aromatic carbocycles. The average Bonchev–Trinajstić information content (AvgIpc) is 2.75. The van der Waals surface area contributed by atoms with Crippen LogP contribution in [0.2, 0.25) is 0 Å². The highest BCUT2D eigenvalue weighted by Gasteiger charge is 2.06. The molecule has 5 nitrogen and oxygen atoms in total. The Morgan fingerprint density at radius 2 is 2.24 bits per heavy atom. The third kappa shape index (κ3) is 2.76. The minimum Gasteiger partial charge on any atom is -0.506 e. The zero-order valence-corrected chi connectivity index (χ0v) is 9.58. The van der Waals surface area contributed by atoms with Crippen molar-refractivity contribution in [2.75, 3.05) is 6.61 Å². The number of phenols is 1. The number of para-hydroxylation sites is 2. The van der Waals surface area contributed by atoms with E-state index in [1.54, 1.807) is 35.3 Å². The lowest BCUT2D eigenvalue weighted by Crippen LogP contribution is -2.23. The summed E-state index contributed by atoms with van der Waals surface area (Å²) in [5, 5.41) is 13.8. The number of hydrogen-bond acceptors (Lipinski definition) is 4. The lowest BCUT2D eigenvalue weighted by atomic mass is 10.3. The molecule has 1 atom stereocenters. The van der Waals surface area contributed by atoms with E-state index in [4.69, 9.17) is 10.5 Å². The lowest BCUT2D eigenvalue weighted by molar-refractivity contribution is 0.296. The third-order valence-electron chi connectivity index (χ3n) is 2.20. The molecule has 1 aromatic heterocycles. The van der Waals surface area contributed by atoms with Crippen LogP contribution in [0.3, 0.4) is 0 Å². The third-order valence-corrected chi connectivity index (χ3v) is 2.20. The van der Waals surface area contributed by atoms with Crippen molar-refractivity contribution in [1.29, 1.82) is 0 Å². The van der Waals surface area contributed by atoms with Crippen molar-refractivity contribution < 1.29 is 9.84 Å². The van der Waals surface area contributed by atoms with E-state index in [0.29, 0.717) is 18.0 Å². The maximum atomic E-state index is 9.67. The maximum Gasteiger partial charge on any atom is 0.157 e. The summed E-state index contributed by atoms with van der Waals surface area (Å²) < 4.78 is 6.98. The van der Waals surface area contributed by atoms with Crippen molar-refractivity contribution >= 4 is 0 Å². The summed E-state index contributed by atoms with van der Waals surface area (Å²) in [6.07, 6.45) is 3.30. The lowest BCUT2D eigenvalue weighted by Gasteiger charge is -2.05. The monoisotopic (exact) mass is 233 g/mol. The molecule has 0 saturated heterocycles. The van der Waals surface area contributed by atoms with E-state index in [1.807, 2.05) is 13.0 Å². The fourth-order valence-corrected chi connectivity index (χ4v) is 1.40. The fraction of sp³-hybridized carbons (Fsp3) is 0.250. The van der Waals surface area contributed by atoms with Gasteiger partial charge in [-0.2, -0.15) is 5.10 Å². The largest absolute Gasteiger partial charge is 0.506 e. The minimum absolute atomic E-state index is 0.0246. The molecule has 0 saturated carbocycles. The molecule has 5 heteroatoms. The van der Waals surface area contributed by atoms with E-state index in [2.05, 4.69) is 5.10 Å². The number of rotatable bonds is 4. The molecule has 0 radical (unpaired) electrons. The number of ether oxygens (including phenoxy) is 1. The second kappa shape index (κ2) is 4.88. The Kier molecular flexibility index (Phi) is 3.30. The summed E-state index contributed by atoms with van der Waals surface area (Å²) in [5.41, 5.74) is 6.20. The highest BCUT2D eigenvalue weighted by molar-refractivity contribution is 5.45. The van der Waals surface area contributed by atoms with Gasteiger partial charge in [-0.05, 0) is 19.1 Å². The number of aromatic nitrogens is 2. The van der Waals surface area contributed by atoms with Crippen LogP contribution < -0.4 is 10.5 Å². The highest BCUT2D eigenvalue weighted by atomic mass is 16.5. The van der Waals surface area contributed by atoms with Crippen molar-refractivity contribution in [2.24, 2.45) is 5.73 Å². The summed E-state index contributed by atoms with van der Waals surface area (Å²) in [6, 6.07) is 6.95. The standard InChI is InChI=1S/C12H15N3O2/c1-9(13)8-17-10-6-14-15(7-10)11-4-2-3-5-12(11)16/h2-7,9,16H,8,13H2,1H3. The first-order valence-electron chi connectivity index (χ1n) is 5.38. The van der Waals surface area contributed by atoms with Crippen LogP contribution in [0, 0.1) is 0 Å². The molecule has 1 heterocycles. The second-order valence-electron chi connectivity index (χ2n) is 3.90. The molecular weight excluding hydrogens is 218 g/mol. The van der Waals surface area contributed by atoms with Gasteiger partial charge in [-0.15, -0.1) is 0 Å². The Morgan fingerprint density at radius 3 is 2.94 bits per heavy atom. The summed E-state index contributed by atoms with van der Waals surface area (Å²) in [4.78, 5) is 0. The Hall–Kier alpha value is -2.01.